The van der Waals surface area contributed by atoms with Gasteiger partial charge in [-0.1, -0.05) is 6.42 Å². The summed E-state index contributed by atoms with van der Waals surface area (Å²) in [6.07, 6.45) is -2.06. The van der Waals surface area contributed by atoms with Crippen molar-refractivity contribution in [1.29, 1.82) is 0 Å². The number of aliphatic imine (C=N–C) groups is 1. The van der Waals surface area contributed by atoms with Crippen LogP contribution >= 0.6 is 24.0 Å². The van der Waals surface area contributed by atoms with Crippen LogP contribution in [0.4, 0.5) is 13.2 Å². The van der Waals surface area contributed by atoms with Crippen LogP contribution in [0.25, 0.3) is 0 Å². The Morgan fingerprint density at radius 3 is 2.26 bits per heavy atom. The topological polar surface area (TPSA) is 64.1 Å². The van der Waals surface area contributed by atoms with E-state index >= 15 is 0 Å². The molecular weight excluding hydrogens is 526 g/mol. The van der Waals surface area contributed by atoms with Crippen molar-refractivity contribution in [2.45, 2.75) is 51.2 Å². The van der Waals surface area contributed by atoms with Crippen LogP contribution in [0.5, 0.6) is 17.2 Å². The molecule has 1 aliphatic rings. The lowest BCUT2D eigenvalue weighted by molar-refractivity contribution is -0.183. The van der Waals surface area contributed by atoms with Crippen LogP contribution in [-0.2, 0) is 6.42 Å². The van der Waals surface area contributed by atoms with Gasteiger partial charge in [-0.05, 0) is 32.6 Å². The van der Waals surface area contributed by atoms with Crippen LogP contribution in [0.3, 0.4) is 0 Å². The molecule has 1 aromatic carbocycles. The van der Waals surface area contributed by atoms with Crippen molar-refractivity contribution in [2.24, 2.45) is 10.9 Å². The summed E-state index contributed by atoms with van der Waals surface area (Å²) in [6, 6.07) is 3.32. The summed E-state index contributed by atoms with van der Waals surface area (Å²) in [5, 5.41) is 6.30. The Morgan fingerprint density at radius 2 is 1.74 bits per heavy atom. The third-order valence-corrected chi connectivity index (χ3v) is 5.27. The van der Waals surface area contributed by atoms with Gasteiger partial charge in [-0.3, -0.25) is 4.99 Å². The number of benzene rings is 1. The van der Waals surface area contributed by atoms with Crippen molar-refractivity contribution in [2.75, 3.05) is 34.4 Å². The highest BCUT2D eigenvalue weighted by Gasteiger charge is 2.42. The zero-order valence-corrected chi connectivity index (χ0v) is 20.8. The molecule has 1 aromatic rings. The van der Waals surface area contributed by atoms with Crippen molar-refractivity contribution in [1.82, 2.24) is 10.6 Å². The van der Waals surface area contributed by atoms with Crippen molar-refractivity contribution in [3.05, 3.63) is 17.7 Å². The van der Waals surface area contributed by atoms with Gasteiger partial charge in [-0.2, -0.15) is 13.2 Å². The molecule has 1 fully saturated rings. The summed E-state index contributed by atoms with van der Waals surface area (Å²) in [5.74, 6) is 1.18. The largest absolute Gasteiger partial charge is 0.496 e. The molecule has 0 aromatic heterocycles. The summed E-state index contributed by atoms with van der Waals surface area (Å²) >= 11 is 0. The predicted molar refractivity (Wildman–Crippen MR) is 126 cm³/mol. The molecule has 6 nitrogen and oxygen atoms in total. The zero-order chi connectivity index (χ0) is 22.1. The molecule has 0 heterocycles. The summed E-state index contributed by atoms with van der Waals surface area (Å²) in [7, 11) is 4.72. The van der Waals surface area contributed by atoms with Gasteiger partial charge in [0.15, 0.2) is 5.96 Å². The maximum Gasteiger partial charge on any atom is 0.391 e. The van der Waals surface area contributed by atoms with Crippen LogP contribution < -0.4 is 24.8 Å². The third kappa shape index (κ3) is 8.12. The lowest BCUT2D eigenvalue weighted by atomic mass is 9.85. The molecule has 2 unspecified atom stereocenters. The molecule has 2 rings (SSSR count). The second kappa shape index (κ2) is 13.1. The van der Waals surface area contributed by atoms with Crippen LogP contribution in [0, 0.1) is 5.92 Å². The van der Waals surface area contributed by atoms with Crippen LogP contribution in [0.2, 0.25) is 0 Å². The predicted octanol–water partition coefficient (Wildman–Crippen LogP) is 4.55. The van der Waals surface area contributed by atoms with Gasteiger partial charge in [0.2, 0.25) is 0 Å². The van der Waals surface area contributed by atoms with Gasteiger partial charge in [0, 0.05) is 36.8 Å². The Kier molecular flexibility index (Phi) is 11.6. The lowest BCUT2D eigenvalue weighted by Gasteiger charge is -2.32. The van der Waals surface area contributed by atoms with E-state index in [1.807, 2.05) is 6.92 Å². The minimum Gasteiger partial charge on any atom is -0.496 e. The molecule has 2 N–H and O–H groups in total. The molecule has 0 bridgehead atoms. The number of alkyl halides is 3. The maximum atomic E-state index is 13.1. The lowest BCUT2D eigenvalue weighted by Crippen LogP contribution is -2.46. The Balaban J connectivity index is 0.00000480. The molecule has 0 amide bonds. The molecular formula is C21H33F3IN3O3. The Hall–Kier alpha value is -1.59. The van der Waals surface area contributed by atoms with Crippen LogP contribution in [0.1, 0.15) is 38.2 Å². The average Bonchev–Trinajstić information content (AvgIpc) is 2.73. The first kappa shape index (κ1) is 27.4. The minimum atomic E-state index is -4.14. The van der Waals surface area contributed by atoms with Gasteiger partial charge in [0.1, 0.15) is 17.2 Å². The first-order valence-corrected chi connectivity index (χ1v) is 10.2. The van der Waals surface area contributed by atoms with Crippen molar-refractivity contribution in [3.8, 4) is 17.2 Å². The van der Waals surface area contributed by atoms with Gasteiger partial charge in [0.25, 0.3) is 0 Å². The monoisotopic (exact) mass is 559 g/mol. The first-order valence-electron chi connectivity index (χ1n) is 10.2. The molecule has 0 spiro atoms. The number of guanidine groups is 1. The normalized spacial score (nSPS) is 19.3. The summed E-state index contributed by atoms with van der Waals surface area (Å²) in [6.45, 7) is 2.96. The van der Waals surface area contributed by atoms with Gasteiger partial charge < -0.3 is 24.8 Å². The number of methoxy groups -OCH3 is 3. The summed E-state index contributed by atoms with van der Waals surface area (Å²) < 4.78 is 55.4. The second-order valence-electron chi connectivity index (χ2n) is 7.27. The van der Waals surface area contributed by atoms with E-state index in [1.54, 1.807) is 33.5 Å². The number of hydrogen-bond donors (Lipinski definition) is 2. The number of nitrogens with zero attached hydrogens (tertiary/aromatic N) is 1. The number of nitrogens with one attached hydrogen (secondary N) is 2. The number of ether oxygens (including phenoxy) is 3. The molecule has 0 radical (unpaired) electrons. The second-order valence-corrected chi connectivity index (χ2v) is 7.27. The molecule has 0 saturated heterocycles. The van der Waals surface area contributed by atoms with Gasteiger partial charge in [-0.15, -0.1) is 24.0 Å². The zero-order valence-electron chi connectivity index (χ0n) is 18.5. The highest BCUT2D eigenvalue weighted by atomic mass is 127. The van der Waals surface area contributed by atoms with Gasteiger partial charge in [0.05, 0.1) is 27.2 Å². The number of hydrogen-bond acceptors (Lipinski definition) is 4. The summed E-state index contributed by atoms with van der Waals surface area (Å²) in [5.41, 5.74) is 0.857. The molecule has 2 atom stereocenters. The fraction of sp³-hybridized carbons (Fsp3) is 0.667. The smallest absolute Gasteiger partial charge is 0.391 e. The minimum absolute atomic E-state index is 0. The van der Waals surface area contributed by atoms with Crippen molar-refractivity contribution < 1.29 is 27.4 Å². The Labute approximate surface area is 199 Å². The van der Waals surface area contributed by atoms with Crippen molar-refractivity contribution in [3.63, 3.8) is 0 Å². The number of rotatable bonds is 8. The molecule has 0 aliphatic heterocycles. The van der Waals surface area contributed by atoms with E-state index in [4.69, 9.17) is 14.2 Å². The quantitative estimate of drug-likeness (QED) is 0.278. The number of halogens is 4. The molecule has 10 heteroatoms. The third-order valence-electron chi connectivity index (χ3n) is 5.27. The van der Waals surface area contributed by atoms with E-state index < -0.39 is 12.1 Å². The highest BCUT2D eigenvalue weighted by Crippen LogP contribution is 2.37. The van der Waals surface area contributed by atoms with E-state index in [0.29, 0.717) is 55.6 Å². The van der Waals surface area contributed by atoms with E-state index in [0.717, 1.165) is 5.56 Å². The molecule has 178 valence electrons. The fourth-order valence-electron chi connectivity index (χ4n) is 3.74. The standard InChI is InChI=1S/C21H32F3N3O3.HI/c1-5-25-20(27-15-8-6-7-14(11-15)21(22,23)24)26-10-9-17-18(29-3)12-16(28-2)13-19(17)30-4;/h12-15H,5-11H2,1-4H3,(H2,25,26,27);1H. The fourth-order valence-corrected chi connectivity index (χ4v) is 3.74. The van der Waals surface area contributed by atoms with Crippen LogP contribution in [0.15, 0.2) is 17.1 Å². The molecule has 1 saturated carbocycles. The molecule has 31 heavy (non-hydrogen) atoms. The van der Waals surface area contributed by atoms with E-state index in [2.05, 4.69) is 15.6 Å². The first-order chi connectivity index (χ1) is 14.3. The van der Waals surface area contributed by atoms with Gasteiger partial charge in [-0.25, -0.2) is 0 Å². The average molecular weight is 559 g/mol. The van der Waals surface area contributed by atoms with E-state index in [-0.39, 0.29) is 42.9 Å². The van der Waals surface area contributed by atoms with E-state index in [9.17, 15) is 13.2 Å². The maximum absolute atomic E-state index is 13.1. The van der Waals surface area contributed by atoms with Crippen molar-refractivity contribution >= 4 is 29.9 Å². The molecule has 1 aliphatic carbocycles. The Morgan fingerprint density at radius 1 is 1.10 bits per heavy atom. The van der Waals surface area contributed by atoms with E-state index in [1.165, 1.54) is 0 Å². The Bertz CT molecular complexity index is 692. The van der Waals surface area contributed by atoms with Crippen LogP contribution in [-0.4, -0.2) is 52.6 Å². The SMILES string of the molecule is CCNC(=NCCc1c(OC)cc(OC)cc1OC)NC1CCCC(C(F)(F)F)C1.I. The highest BCUT2D eigenvalue weighted by molar-refractivity contribution is 14.0. The van der Waals surface area contributed by atoms with Gasteiger partial charge >= 0.3 is 6.18 Å². The summed E-state index contributed by atoms with van der Waals surface area (Å²) in [4.78, 5) is 4.55.